The standard InChI is InChI=1S/C14H16Cl2N2O/c15-10-2-4-12(13(16)8-10)14-5-3-11(19-14)9-18-7-1-6-17/h2-5,8,18H,1,6-7,9,17H2. The lowest BCUT2D eigenvalue weighted by Gasteiger charge is -2.02. The summed E-state index contributed by atoms with van der Waals surface area (Å²) in [6.07, 6.45) is 0.955. The Morgan fingerprint density at radius 1 is 1.16 bits per heavy atom. The quantitative estimate of drug-likeness (QED) is 0.800. The van der Waals surface area contributed by atoms with Gasteiger partial charge in [0.1, 0.15) is 11.5 Å². The molecule has 0 saturated carbocycles. The van der Waals surface area contributed by atoms with Gasteiger partial charge in [-0.1, -0.05) is 23.2 Å². The molecule has 0 aliphatic heterocycles. The average Bonchev–Trinajstić information content (AvgIpc) is 2.83. The van der Waals surface area contributed by atoms with Crippen LogP contribution in [0.4, 0.5) is 0 Å². The van der Waals surface area contributed by atoms with Crippen molar-refractivity contribution in [3.63, 3.8) is 0 Å². The van der Waals surface area contributed by atoms with E-state index in [0.29, 0.717) is 23.1 Å². The molecule has 0 fully saturated rings. The molecular formula is C14H16Cl2N2O. The summed E-state index contributed by atoms with van der Waals surface area (Å²) in [7, 11) is 0. The summed E-state index contributed by atoms with van der Waals surface area (Å²) in [4.78, 5) is 0. The predicted octanol–water partition coefficient (Wildman–Crippen LogP) is 3.69. The first-order valence-corrected chi connectivity index (χ1v) is 6.91. The maximum absolute atomic E-state index is 6.14. The molecule has 0 amide bonds. The number of nitrogens with one attached hydrogen (secondary N) is 1. The molecule has 1 aromatic heterocycles. The normalized spacial score (nSPS) is 10.9. The SMILES string of the molecule is NCCCNCc1ccc(-c2ccc(Cl)cc2Cl)o1. The molecule has 0 saturated heterocycles. The maximum Gasteiger partial charge on any atom is 0.135 e. The van der Waals surface area contributed by atoms with Crippen molar-refractivity contribution in [1.29, 1.82) is 0 Å². The van der Waals surface area contributed by atoms with E-state index >= 15 is 0 Å². The second-order valence-electron chi connectivity index (χ2n) is 4.21. The number of halogens is 2. The van der Waals surface area contributed by atoms with Gasteiger partial charge in [0.15, 0.2) is 0 Å². The van der Waals surface area contributed by atoms with Crippen molar-refractivity contribution in [1.82, 2.24) is 5.32 Å². The Hall–Kier alpha value is -1.00. The molecular weight excluding hydrogens is 283 g/mol. The summed E-state index contributed by atoms with van der Waals surface area (Å²) in [6, 6.07) is 9.21. The van der Waals surface area contributed by atoms with Gasteiger partial charge in [0.05, 0.1) is 11.6 Å². The maximum atomic E-state index is 6.14. The Morgan fingerprint density at radius 2 is 2.00 bits per heavy atom. The first kappa shape index (κ1) is 14.4. The molecule has 3 nitrogen and oxygen atoms in total. The molecule has 5 heteroatoms. The average molecular weight is 299 g/mol. The van der Waals surface area contributed by atoms with Crippen LogP contribution in [0.25, 0.3) is 11.3 Å². The van der Waals surface area contributed by atoms with E-state index in [1.165, 1.54) is 0 Å². The van der Waals surface area contributed by atoms with E-state index in [-0.39, 0.29) is 0 Å². The van der Waals surface area contributed by atoms with Gasteiger partial charge in [0.25, 0.3) is 0 Å². The molecule has 0 bridgehead atoms. The molecule has 0 aliphatic rings. The number of nitrogens with two attached hydrogens (primary N) is 1. The number of hydrogen-bond donors (Lipinski definition) is 2. The molecule has 0 aliphatic carbocycles. The zero-order valence-electron chi connectivity index (χ0n) is 10.5. The van der Waals surface area contributed by atoms with Crippen molar-refractivity contribution in [3.05, 3.63) is 46.1 Å². The van der Waals surface area contributed by atoms with Gasteiger partial charge in [-0.25, -0.2) is 0 Å². The van der Waals surface area contributed by atoms with E-state index in [1.807, 2.05) is 18.2 Å². The fraction of sp³-hybridized carbons (Fsp3) is 0.286. The van der Waals surface area contributed by atoms with Crippen molar-refractivity contribution < 1.29 is 4.42 Å². The number of rotatable bonds is 6. The van der Waals surface area contributed by atoms with Crippen LogP contribution in [0.2, 0.25) is 10.0 Å². The van der Waals surface area contributed by atoms with Crippen LogP contribution in [0.15, 0.2) is 34.7 Å². The smallest absolute Gasteiger partial charge is 0.135 e. The molecule has 2 aromatic rings. The minimum Gasteiger partial charge on any atom is -0.460 e. The van der Waals surface area contributed by atoms with Gasteiger partial charge in [-0.3, -0.25) is 0 Å². The Balaban J connectivity index is 2.04. The van der Waals surface area contributed by atoms with Crippen molar-refractivity contribution >= 4 is 23.2 Å². The Bertz CT molecular complexity index is 540. The molecule has 2 rings (SSSR count). The third-order valence-corrected chi connectivity index (χ3v) is 3.26. The minimum absolute atomic E-state index is 0.587. The summed E-state index contributed by atoms with van der Waals surface area (Å²) in [6.45, 7) is 2.26. The minimum atomic E-state index is 0.587. The van der Waals surface area contributed by atoms with E-state index < -0.39 is 0 Å². The van der Waals surface area contributed by atoms with Gasteiger partial charge in [-0.05, 0) is 49.8 Å². The summed E-state index contributed by atoms with van der Waals surface area (Å²) in [5.74, 6) is 1.62. The lowest BCUT2D eigenvalue weighted by atomic mass is 10.2. The number of furan rings is 1. The van der Waals surface area contributed by atoms with Crippen LogP contribution in [0.5, 0.6) is 0 Å². The fourth-order valence-corrected chi connectivity index (χ4v) is 2.25. The van der Waals surface area contributed by atoms with Crippen molar-refractivity contribution in [3.8, 4) is 11.3 Å². The third kappa shape index (κ3) is 3.98. The van der Waals surface area contributed by atoms with Crippen molar-refractivity contribution in [2.75, 3.05) is 13.1 Å². The molecule has 102 valence electrons. The molecule has 0 radical (unpaired) electrons. The predicted molar refractivity (Wildman–Crippen MR) is 79.5 cm³/mol. The Kier molecular flexibility index (Phi) is 5.28. The molecule has 0 spiro atoms. The van der Waals surface area contributed by atoms with E-state index in [9.17, 15) is 0 Å². The van der Waals surface area contributed by atoms with Gasteiger partial charge in [-0.2, -0.15) is 0 Å². The van der Waals surface area contributed by atoms with Gasteiger partial charge in [-0.15, -0.1) is 0 Å². The highest BCUT2D eigenvalue weighted by Gasteiger charge is 2.08. The highest BCUT2D eigenvalue weighted by Crippen LogP contribution is 2.31. The van der Waals surface area contributed by atoms with Crippen LogP contribution < -0.4 is 11.1 Å². The van der Waals surface area contributed by atoms with Gasteiger partial charge in [0.2, 0.25) is 0 Å². The van der Waals surface area contributed by atoms with Crippen LogP contribution >= 0.6 is 23.2 Å². The summed E-state index contributed by atoms with van der Waals surface area (Å²) in [5, 5.41) is 4.47. The van der Waals surface area contributed by atoms with Crippen molar-refractivity contribution in [2.45, 2.75) is 13.0 Å². The van der Waals surface area contributed by atoms with Gasteiger partial charge >= 0.3 is 0 Å². The second kappa shape index (κ2) is 6.96. The zero-order valence-corrected chi connectivity index (χ0v) is 12.0. The molecule has 0 unspecified atom stereocenters. The number of hydrogen-bond acceptors (Lipinski definition) is 3. The summed E-state index contributed by atoms with van der Waals surface area (Å²) in [5.41, 5.74) is 6.27. The lowest BCUT2D eigenvalue weighted by Crippen LogP contribution is -2.17. The Morgan fingerprint density at radius 3 is 2.74 bits per heavy atom. The molecule has 19 heavy (non-hydrogen) atoms. The van der Waals surface area contributed by atoms with Crippen LogP contribution in [-0.2, 0) is 6.54 Å². The largest absolute Gasteiger partial charge is 0.460 e. The van der Waals surface area contributed by atoms with E-state index in [2.05, 4.69) is 5.32 Å². The van der Waals surface area contributed by atoms with E-state index in [0.717, 1.165) is 30.0 Å². The first-order chi connectivity index (χ1) is 9.20. The van der Waals surface area contributed by atoms with Crippen molar-refractivity contribution in [2.24, 2.45) is 5.73 Å². The summed E-state index contributed by atoms with van der Waals surface area (Å²) < 4.78 is 5.75. The molecule has 1 heterocycles. The molecule has 1 aromatic carbocycles. The topological polar surface area (TPSA) is 51.2 Å². The van der Waals surface area contributed by atoms with Crippen LogP contribution in [0.1, 0.15) is 12.2 Å². The highest BCUT2D eigenvalue weighted by molar-refractivity contribution is 6.36. The lowest BCUT2D eigenvalue weighted by molar-refractivity contribution is 0.492. The van der Waals surface area contributed by atoms with E-state index in [1.54, 1.807) is 12.1 Å². The van der Waals surface area contributed by atoms with Crippen LogP contribution in [0, 0.1) is 0 Å². The third-order valence-electron chi connectivity index (χ3n) is 2.72. The monoisotopic (exact) mass is 298 g/mol. The first-order valence-electron chi connectivity index (χ1n) is 6.15. The number of benzene rings is 1. The molecule has 0 atom stereocenters. The Labute approximate surface area is 122 Å². The van der Waals surface area contributed by atoms with Gasteiger partial charge in [0, 0.05) is 10.6 Å². The fourth-order valence-electron chi connectivity index (χ4n) is 1.75. The zero-order chi connectivity index (χ0) is 13.7. The second-order valence-corrected chi connectivity index (χ2v) is 5.05. The van der Waals surface area contributed by atoms with Gasteiger partial charge < -0.3 is 15.5 Å². The van der Waals surface area contributed by atoms with E-state index in [4.69, 9.17) is 33.4 Å². The highest BCUT2D eigenvalue weighted by atomic mass is 35.5. The molecule has 3 N–H and O–H groups in total. The van der Waals surface area contributed by atoms with Crippen LogP contribution in [-0.4, -0.2) is 13.1 Å². The van der Waals surface area contributed by atoms with Crippen LogP contribution in [0.3, 0.4) is 0 Å². The summed E-state index contributed by atoms with van der Waals surface area (Å²) >= 11 is 12.0.